The summed E-state index contributed by atoms with van der Waals surface area (Å²) in [5, 5.41) is 23.6. The Hall–Kier alpha value is -2.85. The van der Waals surface area contributed by atoms with Crippen LogP contribution in [0.4, 0.5) is 0 Å². The molecule has 0 aliphatic heterocycles. The Labute approximate surface area is 184 Å². The van der Waals surface area contributed by atoms with Gasteiger partial charge in [0.1, 0.15) is 18.4 Å². The van der Waals surface area contributed by atoms with Crippen LogP contribution in [0, 0.1) is 0 Å². The van der Waals surface area contributed by atoms with Crippen LogP contribution in [-0.4, -0.2) is 31.9 Å². The van der Waals surface area contributed by atoms with Crippen LogP contribution in [0.3, 0.4) is 0 Å². The lowest BCUT2D eigenvalue weighted by atomic mass is 9.95. The molecule has 1 amide bonds. The summed E-state index contributed by atoms with van der Waals surface area (Å²) in [6, 6.07) is 18.5. The maximum atomic E-state index is 12.3. The summed E-state index contributed by atoms with van der Waals surface area (Å²) in [7, 11) is -3.17. The summed E-state index contributed by atoms with van der Waals surface area (Å²) in [5.41, 5.74) is 2.28. The van der Waals surface area contributed by atoms with Crippen molar-refractivity contribution >= 4 is 14.2 Å². The standard InChI is InChI=1S/C21H23N2O8P/c1-21(20(25)22-26,19(24)18-11-17(31-23-18)13-30-32(27)28)29-12-14-7-9-16(10-8-14)15-5-3-2-4-6-15/h2-11,19,24,26,32H,12-13H2,1H3,(H,22,25)(H,27,28)/t19-,21-/m0/s1. The molecule has 11 heteroatoms. The van der Waals surface area contributed by atoms with Gasteiger partial charge in [0, 0.05) is 6.07 Å². The molecule has 0 aliphatic carbocycles. The minimum absolute atomic E-state index is 0.0453. The number of amides is 1. The lowest BCUT2D eigenvalue weighted by molar-refractivity contribution is -0.174. The third-order valence-electron chi connectivity index (χ3n) is 4.87. The smallest absolute Gasteiger partial charge is 0.317 e. The van der Waals surface area contributed by atoms with Crippen molar-refractivity contribution in [3.05, 3.63) is 77.7 Å². The van der Waals surface area contributed by atoms with E-state index in [1.54, 1.807) is 0 Å². The fraction of sp³-hybridized carbons (Fsp3) is 0.238. The Morgan fingerprint density at radius 3 is 2.44 bits per heavy atom. The molecule has 2 aromatic carbocycles. The van der Waals surface area contributed by atoms with Gasteiger partial charge in [0.15, 0.2) is 11.4 Å². The van der Waals surface area contributed by atoms with Crippen molar-refractivity contribution in [2.24, 2.45) is 0 Å². The predicted octanol–water partition coefficient (Wildman–Crippen LogP) is 2.75. The van der Waals surface area contributed by atoms with E-state index in [0.29, 0.717) is 0 Å². The van der Waals surface area contributed by atoms with E-state index in [1.165, 1.54) is 18.5 Å². The monoisotopic (exact) mass is 462 g/mol. The summed E-state index contributed by atoms with van der Waals surface area (Å²) in [5.74, 6) is -0.929. The molecule has 3 aromatic rings. The maximum absolute atomic E-state index is 12.3. The largest absolute Gasteiger partial charge is 0.383 e. The van der Waals surface area contributed by atoms with E-state index in [-0.39, 0.29) is 24.7 Å². The highest BCUT2D eigenvalue weighted by atomic mass is 31.1. The van der Waals surface area contributed by atoms with E-state index in [2.05, 4.69) is 9.68 Å². The van der Waals surface area contributed by atoms with Gasteiger partial charge < -0.3 is 23.8 Å². The van der Waals surface area contributed by atoms with Crippen molar-refractivity contribution in [1.82, 2.24) is 10.6 Å². The van der Waals surface area contributed by atoms with Gasteiger partial charge in [0.05, 0.1) is 6.61 Å². The van der Waals surface area contributed by atoms with Crippen LogP contribution >= 0.6 is 8.25 Å². The Morgan fingerprint density at radius 2 is 1.81 bits per heavy atom. The first-order valence-corrected chi connectivity index (χ1v) is 10.8. The number of aliphatic hydroxyl groups is 1. The van der Waals surface area contributed by atoms with Crippen molar-refractivity contribution in [2.45, 2.75) is 31.8 Å². The van der Waals surface area contributed by atoms with Crippen LogP contribution in [0.15, 0.2) is 65.2 Å². The number of carbonyl (C=O) groups is 1. The van der Waals surface area contributed by atoms with Crippen molar-refractivity contribution in [3.63, 3.8) is 0 Å². The molecule has 4 N–H and O–H groups in total. The molecule has 0 fully saturated rings. The SMILES string of the molecule is C[C@@](OCc1ccc(-c2ccccc2)cc1)(C(=O)NO)[C@@H](O)c1cc(CO[PH](=O)O)on1. The second-order valence-electron chi connectivity index (χ2n) is 7.07. The molecule has 0 saturated carbocycles. The Balaban J connectivity index is 1.73. The van der Waals surface area contributed by atoms with E-state index in [9.17, 15) is 14.5 Å². The van der Waals surface area contributed by atoms with Gasteiger partial charge in [-0.2, -0.15) is 0 Å². The quantitative estimate of drug-likeness (QED) is 0.202. The van der Waals surface area contributed by atoms with Crippen LogP contribution < -0.4 is 5.48 Å². The zero-order valence-corrected chi connectivity index (χ0v) is 18.1. The lowest BCUT2D eigenvalue weighted by Gasteiger charge is -2.31. The zero-order chi connectivity index (χ0) is 23.1. The van der Waals surface area contributed by atoms with Gasteiger partial charge in [0.2, 0.25) is 0 Å². The van der Waals surface area contributed by atoms with Gasteiger partial charge in [-0.25, -0.2) is 5.48 Å². The van der Waals surface area contributed by atoms with Crippen LogP contribution in [0.2, 0.25) is 0 Å². The second-order valence-corrected chi connectivity index (χ2v) is 7.90. The van der Waals surface area contributed by atoms with E-state index in [1.807, 2.05) is 54.6 Å². The molecular formula is C21H23N2O8P. The van der Waals surface area contributed by atoms with Crippen LogP contribution in [0.25, 0.3) is 11.1 Å². The molecule has 170 valence electrons. The van der Waals surface area contributed by atoms with Crippen molar-refractivity contribution in [2.75, 3.05) is 0 Å². The van der Waals surface area contributed by atoms with E-state index in [4.69, 9.17) is 19.4 Å². The third-order valence-corrected chi connectivity index (χ3v) is 5.26. The predicted molar refractivity (Wildman–Crippen MR) is 112 cm³/mol. The molecule has 10 nitrogen and oxygen atoms in total. The fourth-order valence-corrected chi connectivity index (χ4v) is 3.24. The zero-order valence-electron chi connectivity index (χ0n) is 17.1. The number of nitrogens with one attached hydrogen (secondary N) is 1. The highest BCUT2D eigenvalue weighted by molar-refractivity contribution is 7.32. The van der Waals surface area contributed by atoms with Crippen molar-refractivity contribution in [3.8, 4) is 11.1 Å². The molecule has 1 unspecified atom stereocenters. The molecule has 32 heavy (non-hydrogen) atoms. The average Bonchev–Trinajstić information content (AvgIpc) is 3.30. The molecule has 1 heterocycles. The topological polar surface area (TPSA) is 151 Å². The maximum Gasteiger partial charge on any atom is 0.317 e. The fourth-order valence-electron chi connectivity index (χ4n) is 2.98. The number of aliphatic hydroxyl groups excluding tert-OH is 1. The van der Waals surface area contributed by atoms with Gasteiger partial charge in [0.25, 0.3) is 5.91 Å². The molecule has 0 bridgehead atoms. The summed E-state index contributed by atoms with van der Waals surface area (Å²) < 4.78 is 25.9. The minimum atomic E-state index is -3.17. The first-order chi connectivity index (χ1) is 15.3. The Bertz CT molecular complexity index is 1060. The Kier molecular flexibility index (Phi) is 7.92. The van der Waals surface area contributed by atoms with Gasteiger partial charge >= 0.3 is 8.25 Å². The number of nitrogens with zero attached hydrogens (tertiary/aromatic N) is 1. The van der Waals surface area contributed by atoms with E-state index < -0.39 is 25.9 Å². The normalized spacial score (nSPS) is 15.0. The van der Waals surface area contributed by atoms with E-state index in [0.717, 1.165) is 16.7 Å². The van der Waals surface area contributed by atoms with Gasteiger partial charge in [-0.05, 0) is 23.6 Å². The summed E-state index contributed by atoms with van der Waals surface area (Å²) in [6.07, 6.45) is -1.62. The molecule has 0 radical (unpaired) electrons. The Morgan fingerprint density at radius 1 is 1.16 bits per heavy atom. The number of ether oxygens (including phenoxy) is 1. The number of aromatic nitrogens is 1. The minimum Gasteiger partial charge on any atom is -0.383 e. The first-order valence-electron chi connectivity index (χ1n) is 9.55. The number of hydrogen-bond donors (Lipinski definition) is 4. The second kappa shape index (κ2) is 10.6. The molecule has 0 aliphatic rings. The third kappa shape index (κ3) is 5.68. The number of hydrogen-bond acceptors (Lipinski definition) is 8. The van der Waals surface area contributed by atoms with Crippen LogP contribution in [0.5, 0.6) is 0 Å². The van der Waals surface area contributed by atoms with Gasteiger partial charge in [-0.15, -0.1) is 0 Å². The summed E-state index contributed by atoms with van der Waals surface area (Å²) in [4.78, 5) is 21.1. The van der Waals surface area contributed by atoms with Gasteiger partial charge in [-0.3, -0.25) is 14.6 Å². The van der Waals surface area contributed by atoms with E-state index >= 15 is 0 Å². The lowest BCUT2D eigenvalue weighted by Crippen LogP contribution is -2.50. The molecule has 0 saturated heterocycles. The summed E-state index contributed by atoms with van der Waals surface area (Å²) >= 11 is 0. The van der Waals surface area contributed by atoms with Crippen molar-refractivity contribution < 1.29 is 38.4 Å². The number of carbonyl (C=O) groups excluding carboxylic acids is 1. The highest BCUT2D eigenvalue weighted by Gasteiger charge is 2.44. The number of rotatable bonds is 10. The number of hydroxylamine groups is 1. The molecule has 0 spiro atoms. The first kappa shape index (κ1) is 23.8. The molecular weight excluding hydrogens is 439 g/mol. The molecule has 3 rings (SSSR count). The highest BCUT2D eigenvalue weighted by Crippen LogP contribution is 2.31. The van der Waals surface area contributed by atoms with Gasteiger partial charge in [-0.1, -0.05) is 59.8 Å². The number of benzene rings is 2. The van der Waals surface area contributed by atoms with Crippen LogP contribution in [-0.2, 0) is 31.8 Å². The summed E-state index contributed by atoms with van der Waals surface area (Å²) in [6.45, 7) is 0.904. The van der Waals surface area contributed by atoms with Crippen molar-refractivity contribution in [1.29, 1.82) is 0 Å². The average molecular weight is 462 g/mol. The molecule has 1 aromatic heterocycles. The van der Waals surface area contributed by atoms with Crippen LogP contribution in [0.1, 0.15) is 30.0 Å². The molecule has 3 atom stereocenters.